The summed E-state index contributed by atoms with van der Waals surface area (Å²) in [4.78, 5) is 4.49. The lowest BCUT2D eigenvalue weighted by molar-refractivity contribution is 0.373. The molecule has 3 rings (SSSR count). The van der Waals surface area contributed by atoms with E-state index in [1.54, 1.807) is 0 Å². The molecule has 0 bridgehead atoms. The topological polar surface area (TPSA) is 29.9 Å². The number of hydrogen-bond donors (Lipinski definition) is 1. The molecule has 1 N–H and O–H groups in total. The number of rotatable bonds is 3. The molecule has 0 saturated carbocycles. The van der Waals surface area contributed by atoms with E-state index in [0.29, 0.717) is 0 Å². The summed E-state index contributed by atoms with van der Waals surface area (Å²) in [7, 11) is 2.06. The van der Waals surface area contributed by atoms with E-state index in [9.17, 15) is 0 Å². The van der Waals surface area contributed by atoms with Crippen LogP contribution in [0.1, 0.15) is 18.4 Å². The smallest absolute Gasteiger partial charge is 0.139 e. The van der Waals surface area contributed by atoms with Gasteiger partial charge in [0.1, 0.15) is 5.82 Å². The first-order chi connectivity index (χ1) is 9.34. The fourth-order valence-electron chi connectivity index (χ4n) is 2.94. The highest BCUT2D eigenvalue weighted by Crippen LogP contribution is 2.26. The molecule has 0 unspecified atom stereocenters. The Kier molecular flexibility index (Phi) is 3.65. The number of aryl methyl sites for hydroxylation is 1. The van der Waals surface area contributed by atoms with Crippen molar-refractivity contribution < 1.29 is 0 Å². The lowest BCUT2D eigenvalue weighted by Crippen LogP contribution is -2.28. The van der Waals surface area contributed by atoms with Crippen LogP contribution in [0.15, 0.2) is 36.7 Å². The van der Waals surface area contributed by atoms with E-state index in [0.717, 1.165) is 24.8 Å². The fraction of sp³-hybridized carbons (Fsp3) is 0.438. The van der Waals surface area contributed by atoms with E-state index >= 15 is 0 Å². The predicted molar refractivity (Wildman–Crippen MR) is 77.9 cm³/mol. The summed E-state index contributed by atoms with van der Waals surface area (Å²) in [6.07, 6.45) is 7.63. The van der Waals surface area contributed by atoms with Gasteiger partial charge in [-0.25, -0.2) is 4.98 Å². The molecule has 0 atom stereocenters. The van der Waals surface area contributed by atoms with Gasteiger partial charge in [0.25, 0.3) is 0 Å². The lowest BCUT2D eigenvalue weighted by Gasteiger charge is -2.23. The number of nitrogens with one attached hydrogen (secondary N) is 1. The van der Waals surface area contributed by atoms with Crippen LogP contribution in [0.25, 0.3) is 11.4 Å². The van der Waals surface area contributed by atoms with Gasteiger partial charge in [-0.2, -0.15) is 0 Å². The molecular formula is C16H21N3. The monoisotopic (exact) mass is 255 g/mol. The highest BCUT2D eigenvalue weighted by Gasteiger charge is 2.16. The van der Waals surface area contributed by atoms with Crippen molar-refractivity contribution in [1.29, 1.82) is 0 Å². The maximum atomic E-state index is 4.49. The summed E-state index contributed by atoms with van der Waals surface area (Å²) < 4.78 is 2.10. The molecule has 100 valence electrons. The quantitative estimate of drug-likeness (QED) is 0.913. The summed E-state index contributed by atoms with van der Waals surface area (Å²) in [6, 6.07) is 8.70. The Balaban J connectivity index is 1.87. The van der Waals surface area contributed by atoms with Crippen LogP contribution in [0.4, 0.5) is 0 Å². The molecule has 3 heteroatoms. The second-order valence-electron chi connectivity index (χ2n) is 5.42. The minimum atomic E-state index is 0.808. The molecule has 1 saturated heterocycles. The number of imidazole rings is 1. The van der Waals surface area contributed by atoms with Crippen molar-refractivity contribution in [2.45, 2.75) is 19.3 Å². The minimum Gasteiger partial charge on any atom is -0.334 e. The zero-order chi connectivity index (χ0) is 13.1. The highest BCUT2D eigenvalue weighted by molar-refractivity contribution is 5.60. The zero-order valence-electron chi connectivity index (χ0n) is 11.5. The van der Waals surface area contributed by atoms with E-state index < -0.39 is 0 Å². The van der Waals surface area contributed by atoms with Gasteiger partial charge in [0.05, 0.1) is 0 Å². The Labute approximate surface area is 114 Å². The number of nitrogens with zero attached hydrogens (tertiary/aromatic N) is 2. The molecule has 1 fully saturated rings. The van der Waals surface area contributed by atoms with Crippen LogP contribution < -0.4 is 5.32 Å². The zero-order valence-corrected chi connectivity index (χ0v) is 11.5. The number of aromatic nitrogens is 2. The first-order valence-electron chi connectivity index (χ1n) is 7.11. The van der Waals surface area contributed by atoms with E-state index in [1.807, 2.05) is 12.4 Å². The largest absolute Gasteiger partial charge is 0.334 e. The van der Waals surface area contributed by atoms with Crippen LogP contribution in [-0.4, -0.2) is 22.6 Å². The third kappa shape index (κ3) is 2.71. The van der Waals surface area contributed by atoms with Crippen LogP contribution in [0.3, 0.4) is 0 Å². The second-order valence-corrected chi connectivity index (χ2v) is 5.42. The van der Waals surface area contributed by atoms with Gasteiger partial charge in [0, 0.05) is 25.0 Å². The van der Waals surface area contributed by atoms with Crippen molar-refractivity contribution in [2.24, 2.45) is 13.0 Å². The third-order valence-electron chi connectivity index (χ3n) is 4.05. The van der Waals surface area contributed by atoms with Gasteiger partial charge in [0.2, 0.25) is 0 Å². The predicted octanol–water partition coefficient (Wildman–Crippen LogP) is 2.63. The molecule has 0 radical (unpaired) electrons. The van der Waals surface area contributed by atoms with Crippen LogP contribution in [-0.2, 0) is 13.5 Å². The fourth-order valence-corrected chi connectivity index (χ4v) is 2.94. The Hall–Kier alpha value is -1.61. The molecule has 1 aliphatic rings. The van der Waals surface area contributed by atoms with Crippen LogP contribution in [0.2, 0.25) is 0 Å². The highest BCUT2D eigenvalue weighted by atomic mass is 15.0. The Morgan fingerprint density at radius 3 is 2.79 bits per heavy atom. The van der Waals surface area contributed by atoms with Gasteiger partial charge in [-0.15, -0.1) is 0 Å². The normalized spacial score (nSPS) is 16.7. The third-order valence-corrected chi connectivity index (χ3v) is 4.05. The summed E-state index contributed by atoms with van der Waals surface area (Å²) >= 11 is 0. The molecule has 0 aliphatic carbocycles. The SMILES string of the molecule is Cn1ccnc1-c1ccccc1CC1CCNCC1. The van der Waals surface area contributed by atoms with Gasteiger partial charge in [-0.3, -0.25) is 0 Å². The Bertz CT molecular complexity index is 538. The van der Waals surface area contributed by atoms with Crippen LogP contribution >= 0.6 is 0 Å². The van der Waals surface area contributed by atoms with E-state index in [1.165, 1.54) is 30.4 Å². The van der Waals surface area contributed by atoms with Crippen molar-refractivity contribution in [3.63, 3.8) is 0 Å². The van der Waals surface area contributed by atoms with Crippen LogP contribution in [0, 0.1) is 5.92 Å². The lowest BCUT2D eigenvalue weighted by atomic mass is 9.89. The second kappa shape index (κ2) is 5.57. The van der Waals surface area contributed by atoms with Gasteiger partial charge in [-0.1, -0.05) is 24.3 Å². The van der Waals surface area contributed by atoms with Crippen molar-refractivity contribution in [2.75, 3.05) is 13.1 Å². The summed E-state index contributed by atoms with van der Waals surface area (Å²) in [6.45, 7) is 2.32. The first kappa shape index (κ1) is 12.4. The first-order valence-corrected chi connectivity index (χ1v) is 7.11. The molecule has 0 amide bonds. The van der Waals surface area contributed by atoms with Gasteiger partial charge in [-0.05, 0) is 43.8 Å². The van der Waals surface area contributed by atoms with Crippen molar-refractivity contribution in [1.82, 2.24) is 14.9 Å². The maximum absolute atomic E-state index is 4.49. The van der Waals surface area contributed by atoms with Gasteiger partial charge in [0.15, 0.2) is 0 Å². The number of hydrogen-bond acceptors (Lipinski definition) is 2. The number of piperidine rings is 1. The average molecular weight is 255 g/mol. The van der Waals surface area contributed by atoms with E-state index in [2.05, 4.69) is 46.2 Å². The van der Waals surface area contributed by atoms with E-state index in [-0.39, 0.29) is 0 Å². The van der Waals surface area contributed by atoms with Gasteiger partial charge >= 0.3 is 0 Å². The number of benzene rings is 1. The minimum absolute atomic E-state index is 0.808. The standard InChI is InChI=1S/C16H21N3/c1-19-11-10-18-16(19)15-5-3-2-4-14(15)12-13-6-8-17-9-7-13/h2-5,10-11,13,17H,6-9,12H2,1H3. The van der Waals surface area contributed by atoms with Crippen molar-refractivity contribution >= 4 is 0 Å². The maximum Gasteiger partial charge on any atom is 0.139 e. The summed E-state index contributed by atoms with van der Waals surface area (Å²) in [5.41, 5.74) is 2.72. The van der Waals surface area contributed by atoms with Crippen LogP contribution in [0.5, 0.6) is 0 Å². The molecule has 19 heavy (non-hydrogen) atoms. The molecular weight excluding hydrogens is 234 g/mol. The molecule has 1 aliphatic heterocycles. The molecule has 2 heterocycles. The van der Waals surface area contributed by atoms with Crippen molar-refractivity contribution in [3.8, 4) is 11.4 Å². The summed E-state index contributed by atoms with van der Waals surface area (Å²) in [5, 5.41) is 3.44. The molecule has 1 aromatic carbocycles. The molecule has 3 nitrogen and oxygen atoms in total. The molecule has 1 aromatic heterocycles. The van der Waals surface area contributed by atoms with E-state index in [4.69, 9.17) is 0 Å². The Morgan fingerprint density at radius 2 is 2.05 bits per heavy atom. The molecule has 2 aromatic rings. The van der Waals surface area contributed by atoms with Gasteiger partial charge < -0.3 is 9.88 Å². The molecule has 0 spiro atoms. The Morgan fingerprint density at radius 1 is 1.26 bits per heavy atom. The average Bonchev–Trinajstić information content (AvgIpc) is 2.87. The van der Waals surface area contributed by atoms with Crippen molar-refractivity contribution in [3.05, 3.63) is 42.2 Å². The summed E-state index contributed by atoms with van der Waals surface area (Å²) in [5.74, 6) is 1.88.